The van der Waals surface area contributed by atoms with Gasteiger partial charge < -0.3 is 10.1 Å². The number of nitrogens with one attached hydrogen (secondary N) is 1. The summed E-state index contributed by atoms with van der Waals surface area (Å²) in [5.74, 6) is -1.01. The first-order valence-corrected chi connectivity index (χ1v) is 6.15. The van der Waals surface area contributed by atoms with Crippen LogP contribution in [0.25, 0.3) is 0 Å². The molecule has 0 saturated heterocycles. The second-order valence-corrected chi connectivity index (χ2v) is 4.12. The van der Waals surface area contributed by atoms with Crippen molar-refractivity contribution in [3.8, 4) is 0 Å². The topological polar surface area (TPSA) is 68.3 Å². The summed E-state index contributed by atoms with van der Waals surface area (Å²) in [6, 6.07) is 13.9. The molecule has 0 saturated carbocycles. The minimum absolute atomic E-state index is 0.173. The molecule has 5 nitrogen and oxygen atoms in total. The van der Waals surface area contributed by atoms with Gasteiger partial charge in [0.25, 0.3) is 5.91 Å². The number of ether oxygens (including phenoxy) is 1. The van der Waals surface area contributed by atoms with Crippen molar-refractivity contribution in [2.75, 3.05) is 5.32 Å². The van der Waals surface area contributed by atoms with Crippen LogP contribution in [0, 0.1) is 0 Å². The molecule has 102 valence electrons. The summed E-state index contributed by atoms with van der Waals surface area (Å²) in [4.78, 5) is 27.5. The molecule has 5 heteroatoms. The summed E-state index contributed by atoms with van der Waals surface area (Å²) in [6.45, 7) is 1.51. The standard InChI is InChI=1S/C15H14N2O3/c1-11(14(18)17-12-7-3-2-4-8-12)20-15(19)13-9-5-6-10-16-13/h2-11H,1H3,(H,17,18)/t11-/m1/s1. The Bertz CT molecular complexity index is 585. The maximum absolute atomic E-state index is 11.9. The molecule has 0 aliphatic heterocycles. The van der Waals surface area contributed by atoms with E-state index in [1.54, 1.807) is 36.4 Å². The monoisotopic (exact) mass is 270 g/mol. The van der Waals surface area contributed by atoms with Gasteiger partial charge in [0.2, 0.25) is 0 Å². The van der Waals surface area contributed by atoms with Gasteiger partial charge in [-0.2, -0.15) is 0 Å². The Balaban J connectivity index is 1.93. The number of benzene rings is 1. The molecule has 1 aromatic heterocycles. The van der Waals surface area contributed by atoms with Crippen LogP contribution in [-0.2, 0) is 9.53 Å². The van der Waals surface area contributed by atoms with Crippen molar-refractivity contribution in [2.24, 2.45) is 0 Å². The molecule has 0 aliphatic rings. The fourth-order valence-electron chi connectivity index (χ4n) is 1.52. The zero-order chi connectivity index (χ0) is 14.4. The van der Waals surface area contributed by atoms with Gasteiger partial charge in [-0.25, -0.2) is 9.78 Å². The van der Waals surface area contributed by atoms with Gasteiger partial charge in [-0.15, -0.1) is 0 Å². The Morgan fingerprint density at radius 3 is 2.45 bits per heavy atom. The average Bonchev–Trinajstić information content (AvgIpc) is 2.49. The van der Waals surface area contributed by atoms with E-state index in [0.717, 1.165) is 0 Å². The molecule has 0 radical (unpaired) electrons. The SMILES string of the molecule is C[C@@H](OC(=O)c1ccccn1)C(=O)Nc1ccccc1. The van der Waals surface area contributed by atoms with Crippen LogP contribution in [0.3, 0.4) is 0 Å². The quantitative estimate of drug-likeness (QED) is 0.865. The highest BCUT2D eigenvalue weighted by molar-refractivity contribution is 5.96. The van der Waals surface area contributed by atoms with Crippen molar-refractivity contribution in [1.29, 1.82) is 0 Å². The van der Waals surface area contributed by atoms with E-state index in [0.29, 0.717) is 5.69 Å². The number of esters is 1. The molecule has 0 unspecified atom stereocenters. The van der Waals surface area contributed by atoms with Crippen molar-refractivity contribution in [3.05, 3.63) is 60.4 Å². The number of carbonyl (C=O) groups is 2. The first-order chi connectivity index (χ1) is 9.66. The minimum atomic E-state index is -0.898. The highest BCUT2D eigenvalue weighted by atomic mass is 16.5. The van der Waals surface area contributed by atoms with Gasteiger partial charge in [0, 0.05) is 11.9 Å². The second-order valence-electron chi connectivity index (χ2n) is 4.12. The van der Waals surface area contributed by atoms with E-state index in [4.69, 9.17) is 4.74 Å². The van der Waals surface area contributed by atoms with Crippen LogP contribution in [0.15, 0.2) is 54.7 Å². The van der Waals surface area contributed by atoms with Crippen LogP contribution in [0.5, 0.6) is 0 Å². The number of nitrogens with zero attached hydrogens (tertiary/aromatic N) is 1. The molecule has 1 aromatic carbocycles. The Morgan fingerprint density at radius 1 is 1.10 bits per heavy atom. The Labute approximate surface area is 116 Å². The van der Waals surface area contributed by atoms with E-state index < -0.39 is 12.1 Å². The lowest BCUT2D eigenvalue weighted by molar-refractivity contribution is -0.123. The highest BCUT2D eigenvalue weighted by Gasteiger charge is 2.19. The Hall–Kier alpha value is -2.69. The van der Waals surface area contributed by atoms with Gasteiger partial charge in [-0.05, 0) is 31.2 Å². The normalized spacial score (nSPS) is 11.4. The molecule has 2 rings (SSSR count). The molecule has 1 atom stereocenters. The van der Waals surface area contributed by atoms with Crippen molar-refractivity contribution < 1.29 is 14.3 Å². The smallest absolute Gasteiger partial charge is 0.357 e. The van der Waals surface area contributed by atoms with Crippen LogP contribution in [0.2, 0.25) is 0 Å². The predicted octanol–water partition coefficient (Wildman–Crippen LogP) is 2.27. The first-order valence-electron chi connectivity index (χ1n) is 6.15. The molecule has 1 N–H and O–H groups in total. The lowest BCUT2D eigenvalue weighted by atomic mass is 10.3. The van der Waals surface area contributed by atoms with Gasteiger partial charge in [-0.1, -0.05) is 24.3 Å². The summed E-state index contributed by atoms with van der Waals surface area (Å²) in [5, 5.41) is 2.66. The molecule has 0 fully saturated rings. The maximum Gasteiger partial charge on any atom is 0.357 e. The van der Waals surface area contributed by atoms with Crippen molar-refractivity contribution >= 4 is 17.6 Å². The zero-order valence-corrected chi connectivity index (χ0v) is 10.9. The Kier molecular flexibility index (Phi) is 4.44. The van der Waals surface area contributed by atoms with Crippen LogP contribution >= 0.6 is 0 Å². The van der Waals surface area contributed by atoms with E-state index in [-0.39, 0.29) is 11.6 Å². The number of carbonyl (C=O) groups excluding carboxylic acids is 2. The van der Waals surface area contributed by atoms with Gasteiger partial charge in [-0.3, -0.25) is 4.79 Å². The second kappa shape index (κ2) is 6.47. The minimum Gasteiger partial charge on any atom is -0.448 e. The molecule has 0 spiro atoms. The van der Waals surface area contributed by atoms with E-state index in [9.17, 15) is 9.59 Å². The number of rotatable bonds is 4. The largest absolute Gasteiger partial charge is 0.448 e. The van der Waals surface area contributed by atoms with E-state index >= 15 is 0 Å². The van der Waals surface area contributed by atoms with Gasteiger partial charge in [0.15, 0.2) is 6.10 Å². The molecule has 0 bridgehead atoms. The number of amides is 1. The van der Waals surface area contributed by atoms with Crippen LogP contribution in [-0.4, -0.2) is 23.0 Å². The number of pyridine rings is 1. The maximum atomic E-state index is 11.9. The van der Waals surface area contributed by atoms with Crippen molar-refractivity contribution in [3.63, 3.8) is 0 Å². The van der Waals surface area contributed by atoms with Crippen LogP contribution in [0.4, 0.5) is 5.69 Å². The van der Waals surface area contributed by atoms with Crippen molar-refractivity contribution in [2.45, 2.75) is 13.0 Å². The number of aromatic nitrogens is 1. The molecule has 20 heavy (non-hydrogen) atoms. The molecular formula is C15H14N2O3. The third-order valence-corrected chi connectivity index (χ3v) is 2.57. The predicted molar refractivity (Wildman–Crippen MR) is 74.2 cm³/mol. The zero-order valence-electron chi connectivity index (χ0n) is 10.9. The fourth-order valence-corrected chi connectivity index (χ4v) is 1.52. The summed E-state index contributed by atoms with van der Waals surface area (Å²) in [7, 11) is 0. The van der Waals surface area contributed by atoms with Gasteiger partial charge in [0.1, 0.15) is 5.69 Å². The fraction of sp³-hybridized carbons (Fsp3) is 0.133. The molecule has 1 heterocycles. The van der Waals surface area contributed by atoms with Gasteiger partial charge >= 0.3 is 5.97 Å². The number of hydrogen-bond acceptors (Lipinski definition) is 4. The van der Waals surface area contributed by atoms with E-state index in [1.165, 1.54) is 19.2 Å². The molecular weight excluding hydrogens is 256 g/mol. The van der Waals surface area contributed by atoms with Crippen molar-refractivity contribution in [1.82, 2.24) is 4.98 Å². The third kappa shape index (κ3) is 3.65. The molecule has 0 aliphatic carbocycles. The van der Waals surface area contributed by atoms with Crippen LogP contribution in [0.1, 0.15) is 17.4 Å². The van der Waals surface area contributed by atoms with E-state index in [2.05, 4.69) is 10.3 Å². The summed E-state index contributed by atoms with van der Waals surface area (Å²) in [5.41, 5.74) is 0.824. The summed E-state index contributed by atoms with van der Waals surface area (Å²) >= 11 is 0. The number of hydrogen-bond donors (Lipinski definition) is 1. The Morgan fingerprint density at radius 2 is 1.80 bits per heavy atom. The number of para-hydroxylation sites is 1. The molecule has 1 amide bonds. The first kappa shape index (κ1) is 13.7. The van der Waals surface area contributed by atoms with Gasteiger partial charge in [0.05, 0.1) is 0 Å². The van der Waals surface area contributed by atoms with Crippen LogP contribution < -0.4 is 5.32 Å². The summed E-state index contributed by atoms with van der Waals surface area (Å²) in [6.07, 6.45) is 0.593. The highest BCUT2D eigenvalue weighted by Crippen LogP contribution is 2.07. The average molecular weight is 270 g/mol. The lowest BCUT2D eigenvalue weighted by Crippen LogP contribution is -2.30. The number of anilines is 1. The molecule has 2 aromatic rings. The summed E-state index contributed by atoms with van der Waals surface area (Å²) < 4.78 is 5.06. The lowest BCUT2D eigenvalue weighted by Gasteiger charge is -2.13. The third-order valence-electron chi connectivity index (χ3n) is 2.57. The van der Waals surface area contributed by atoms with E-state index in [1.807, 2.05) is 6.07 Å².